The van der Waals surface area contributed by atoms with E-state index in [1.165, 1.54) is 0 Å². The summed E-state index contributed by atoms with van der Waals surface area (Å²) >= 11 is 0. The van der Waals surface area contributed by atoms with Crippen LogP contribution in [-0.2, 0) is 11.3 Å². The van der Waals surface area contributed by atoms with Crippen LogP contribution in [0, 0.1) is 0 Å². The van der Waals surface area contributed by atoms with Gasteiger partial charge in [-0.1, -0.05) is 42.5 Å². The van der Waals surface area contributed by atoms with E-state index in [-0.39, 0.29) is 11.5 Å². The second-order valence-electron chi connectivity index (χ2n) is 9.55. The molecule has 0 heterocycles. The SMILES string of the molecule is CC(C)(C)NC[C@@H](CNC(=O)OC(C)(C)C)c1ccc(OCc2ccccc2)cc1. The van der Waals surface area contributed by atoms with E-state index in [2.05, 4.69) is 43.5 Å². The molecule has 0 saturated carbocycles. The lowest BCUT2D eigenvalue weighted by Crippen LogP contribution is -2.42. The molecule has 0 unspecified atom stereocenters. The van der Waals surface area contributed by atoms with Crippen molar-refractivity contribution in [2.75, 3.05) is 13.1 Å². The summed E-state index contributed by atoms with van der Waals surface area (Å²) in [6, 6.07) is 18.2. The van der Waals surface area contributed by atoms with Gasteiger partial charge in [-0.05, 0) is 64.8 Å². The maximum absolute atomic E-state index is 12.1. The summed E-state index contributed by atoms with van der Waals surface area (Å²) in [4.78, 5) is 12.1. The Morgan fingerprint density at radius 1 is 0.900 bits per heavy atom. The summed E-state index contributed by atoms with van der Waals surface area (Å²) < 4.78 is 11.3. The highest BCUT2D eigenvalue weighted by molar-refractivity contribution is 5.67. The highest BCUT2D eigenvalue weighted by atomic mass is 16.6. The van der Waals surface area contributed by atoms with E-state index in [0.29, 0.717) is 13.2 Å². The van der Waals surface area contributed by atoms with Gasteiger partial charge in [-0.2, -0.15) is 0 Å². The van der Waals surface area contributed by atoms with Crippen molar-refractivity contribution < 1.29 is 14.3 Å². The molecule has 0 saturated heterocycles. The standard InChI is InChI=1S/C25H36N2O3/c1-24(2,3)27-17-21(16-26-23(28)30-25(4,5)6)20-12-14-22(15-13-20)29-18-19-10-8-7-9-11-19/h7-15,21,27H,16-18H2,1-6H3,(H,26,28)/t21-/m1/s1. The van der Waals surface area contributed by atoms with Crippen molar-refractivity contribution in [3.63, 3.8) is 0 Å². The minimum absolute atomic E-state index is 0.0110. The van der Waals surface area contributed by atoms with Gasteiger partial charge < -0.3 is 20.1 Å². The van der Waals surface area contributed by atoms with Crippen LogP contribution in [0.15, 0.2) is 54.6 Å². The Labute approximate surface area is 181 Å². The fraction of sp³-hybridized carbons (Fsp3) is 0.480. The second-order valence-corrected chi connectivity index (χ2v) is 9.55. The van der Waals surface area contributed by atoms with Crippen molar-refractivity contribution in [1.82, 2.24) is 10.6 Å². The molecule has 0 spiro atoms. The molecule has 30 heavy (non-hydrogen) atoms. The van der Waals surface area contributed by atoms with Crippen LogP contribution in [0.4, 0.5) is 4.79 Å². The smallest absolute Gasteiger partial charge is 0.407 e. The fourth-order valence-corrected chi connectivity index (χ4v) is 2.84. The van der Waals surface area contributed by atoms with Crippen LogP contribution in [0.1, 0.15) is 58.6 Å². The van der Waals surface area contributed by atoms with Gasteiger partial charge >= 0.3 is 6.09 Å². The highest BCUT2D eigenvalue weighted by Gasteiger charge is 2.20. The van der Waals surface area contributed by atoms with E-state index < -0.39 is 11.7 Å². The minimum atomic E-state index is -0.513. The van der Waals surface area contributed by atoms with Crippen LogP contribution in [0.3, 0.4) is 0 Å². The Morgan fingerprint density at radius 2 is 1.53 bits per heavy atom. The van der Waals surface area contributed by atoms with E-state index in [1.807, 2.05) is 63.2 Å². The average Bonchev–Trinajstić information content (AvgIpc) is 2.65. The molecule has 0 aliphatic heterocycles. The maximum Gasteiger partial charge on any atom is 0.407 e. The quantitative estimate of drug-likeness (QED) is 0.621. The molecular weight excluding hydrogens is 376 g/mol. The number of carbonyl (C=O) groups is 1. The Morgan fingerprint density at radius 3 is 2.10 bits per heavy atom. The lowest BCUT2D eigenvalue weighted by atomic mass is 9.97. The summed E-state index contributed by atoms with van der Waals surface area (Å²) in [6.07, 6.45) is -0.397. The number of rotatable bonds is 8. The van der Waals surface area contributed by atoms with Gasteiger partial charge in [0.05, 0.1) is 0 Å². The van der Waals surface area contributed by atoms with Gasteiger partial charge in [-0.15, -0.1) is 0 Å². The Bertz CT molecular complexity index is 775. The normalized spacial score (nSPS) is 12.9. The zero-order valence-electron chi connectivity index (χ0n) is 19.1. The highest BCUT2D eigenvalue weighted by Crippen LogP contribution is 2.21. The summed E-state index contributed by atoms with van der Waals surface area (Å²) in [5.41, 5.74) is 1.74. The summed E-state index contributed by atoms with van der Waals surface area (Å²) in [5, 5.41) is 6.43. The Kier molecular flexibility index (Phi) is 8.30. The molecule has 2 rings (SSSR count). The number of benzene rings is 2. The molecule has 1 amide bonds. The Hall–Kier alpha value is -2.53. The van der Waals surface area contributed by atoms with Crippen LogP contribution < -0.4 is 15.4 Å². The number of amides is 1. The number of alkyl carbamates (subject to hydrolysis) is 1. The Balaban J connectivity index is 2.00. The first-order valence-electron chi connectivity index (χ1n) is 10.5. The zero-order chi connectivity index (χ0) is 22.2. The molecule has 2 aromatic rings. The number of nitrogens with one attached hydrogen (secondary N) is 2. The number of hydrogen-bond donors (Lipinski definition) is 2. The van der Waals surface area contributed by atoms with Gasteiger partial charge in [-0.25, -0.2) is 4.79 Å². The lowest BCUT2D eigenvalue weighted by molar-refractivity contribution is 0.0524. The molecule has 2 aromatic carbocycles. The first kappa shape index (κ1) is 23.7. The molecule has 0 aromatic heterocycles. The van der Waals surface area contributed by atoms with Gasteiger partial charge in [-0.3, -0.25) is 0 Å². The fourth-order valence-electron chi connectivity index (χ4n) is 2.84. The second kappa shape index (κ2) is 10.5. The average molecular weight is 413 g/mol. The molecule has 164 valence electrons. The maximum atomic E-state index is 12.1. The minimum Gasteiger partial charge on any atom is -0.489 e. The molecule has 0 aliphatic rings. The molecule has 5 nitrogen and oxygen atoms in total. The van der Waals surface area contributed by atoms with Crippen LogP contribution in [0.25, 0.3) is 0 Å². The van der Waals surface area contributed by atoms with Crippen molar-refractivity contribution in [1.29, 1.82) is 0 Å². The van der Waals surface area contributed by atoms with Crippen molar-refractivity contribution in [2.45, 2.75) is 65.2 Å². The third kappa shape index (κ3) is 9.31. The van der Waals surface area contributed by atoms with E-state index in [0.717, 1.165) is 23.4 Å². The third-order valence-electron chi connectivity index (χ3n) is 4.37. The largest absolute Gasteiger partial charge is 0.489 e. The summed E-state index contributed by atoms with van der Waals surface area (Å²) in [5.74, 6) is 0.935. The first-order chi connectivity index (χ1) is 14.0. The molecule has 1 atom stereocenters. The topological polar surface area (TPSA) is 59.6 Å². The van der Waals surface area contributed by atoms with Crippen LogP contribution in [-0.4, -0.2) is 30.3 Å². The van der Waals surface area contributed by atoms with Crippen molar-refractivity contribution in [2.24, 2.45) is 0 Å². The van der Waals surface area contributed by atoms with Gasteiger partial charge in [0.15, 0.2) is 0 Å². The van der Waals surface area contributed by atoms with Crippen LogP contribution >= 0.6 is 0 Å². The lowest BCUT2D eigenvalue weighted by Gasteiger charge is -2.26. The molecular formula is C25H36N2O3. The predicted octanol–water partition coefficient (Wildman–Crippen LogP) is 5.26. The molecule has 5 heteroatoms. The molecule has 0 aliphatic carbocycles. The van der Waals surface area contributed by atoms with Crippen LogP contribution in [0.5, 0.6) is 5.75 Å². The van der Waals surface area contributed by atoms with E-state index in [4.69, 9.17) is 9.47 Å². The number of ether oxygens (including phenoxy) is 2. The van der Waals surface area contributed by atoms with E-state index >= 15 is 0 Å². The predicted molar refractivity (Wildman–Crippen MR) is 122 cm³/mol. The van der Waals surface area contributed by atoms with Crippen LogP contribution in [0.2, 0.25) is 0 Å². The number of hydrogen-bond acceptors (Lipinski definition) is 4. The third-order valence-corrected chi connectivity index (χ3v) is 4.37. The van der Waals surface area contributed by atoms with Crippen molar-refractivity contribution in [3.05, 3.63) is 65.7 Å². The number of carbonyl (C=O) groups excluding carboxylic acids is 1. The first-order valence-corrected chi connectivity index (χ1v) is 10.5. The molecule has 2 N–H and O–H groups in total. The van der Waals surface area contributed by atoms with E-state index in [9.17, 15) is 4.79 Å². The van der Waals surface area contributed by atoms with Gasteiger partial charge in [0.25, 0.3) is 0 Å². The van der Waals surface area contributed by atoms with Gasteiger partial charge in [0.2, 0.25) is 0 Å². The van der Waals surface area contributed by atoms with E-state index in [1.54, 1.807) is 0 Å². The van der Waals surface area contributed by atoms with Crippen molar-refractivity contribution in [3.8, 4) is 5.75 Å². The van der Waals surface area contributed by atoms with Gasteiger partial charge in [0, 0.05) is 24.5 Å². The molecule has 0 radical (unpaired) electrons. The monoisotopic (exact) mass is 412 g/mol. The summed E-state index contributed by atoms with van der Waals surface area (Å²) in [6.45, 7) is 13.7. The molecule has 0 bridgehead atoms. The summed E-state index contributed by atoms with van der Waals surface area (Å²) in [7, 11) is 0. The zero-order valence-corrected chi connectivity index (χ0v) is 19.1. The van der Waals surface area contributed by atoms with Gasteiger partial charge in [0.1, 0.15) is 18.0 Å². The molecule has 0 fully saturated rings. The van der Waals surface area contributed by atoms with Crippen molar-refractivity contribution >= 4 is 6.09 Å².